The van der Waals surface area contributed by atoms with Gasteiger partial charge in [0.05, 0.1) is 18.8 Å². The Labute approximate surface area is 183 Å². The average Bonchev–Trinajstić information content (AvgIpc) is 2.77. The molecule has 31 heavy (non-hydrogen) atoms. The smallest absolute Gasteiger partial charge is 0.338 e. The zero-order valence-corrected chi connectivity index (χ0v) is 18.4. The number of hydrogen-bond acceptors (Lipinski definition) is 6. The normalized spacial score (nSPS) is 15.5. The molecule has 168 valence electrons. The van der Waals surface area contributed by atoms with E-state index in [0.717, 1.165) is 24.1 Å². The van der Waals surface area contributed by atoms with Gasteiger partial charge >= 0.3 is 5.97 Å². The van der Waals surface area contributed by atoms with Crippen LogP contribution >= 0.6 is 0 Å². The fraction of sp³-hybridized carbons (Fsp3) is 0.500. The molecule has 3 rings (SSSR count). The van der Waals surface area contributed by atoms with Gasteiger partial charge in [-0.3, -0.25) is 4.79 Å². The van der Waals surface area contributed by atoms with E-state index in [1.165, 1.54) is 39.5 Å². The van der Waals surface area contributed by atoms with Gasteiger partial charge < -0.3 is 24.8 Å². The number of rotatable bonds is 10. The number of benzene rings is 2. The van der Waals surface area contributed by atoms with Crippen molar-refractivity contribution in [2.24, 2.45) is 5.73 Å². The van der Waals surface area contributed by atoms with Crippen LogP contribution in [0.4, 0.5) is 0 Å². The minimum absolute atomic E-state index is 0.231. The molecule has 1 amide bonds. The monoisotopic (exact) mass is 428 g/mol. The molecule has 2 N–H and O–H groups in total. The topological polar surface area (TPSA) is 91.1 Å². The number of amides is 1. The first kappa shape index (κ1) is 23.0. The Balaban J connectivity index is 1.79. The minimum Gasteiger partial charge on any atom is -0.494 e. The summed E-state index contributed by atoms with van der Waals surface area (Å²) in [6.07, 6.45) is 3.83. The molecule has 1 fully saturated rings. The summed E-state index contributed by atoms with van der Waals surface area (Å²) in [6.45, 7) is 6.01. The van der Waals surface area contributed by atoms with Crippen LogP contribution in [-0.4, -0.2) is 56.7 Å². The second-order valence-corrected chi connectivity index (χ2v) is 7.75. The van der Waals surface area contributed by atoms with E-state index in [1.54, 1.807) is 13.0 Å². The zero-order valence-electron chi connectivity index (χ0n) is 18.4. The molecule has 0 saturated carbocycles. The molecular weight excluding hydrogens is 396 g/mol. The highest BCUT2D eigenvalue weighted by Crippen LogP contribution is 2.32. The number of methoxy groups -OCH3 is 1. The van der Waals surface area contributed by atoms with Crippen LogP contribution in [0.5, 0.6) is 5.75 Å². The third-order valence-corrected chi connectivity index (χ3v) is 5.62. The van der Waals surface area contributed by atoms with E-state index in [2.05, 4.69) is 4.90 Å². The molecule has 0 aromatic heterocycles. The van der Waals surface area contributed by atoms with Crippen LogP contribution in [0.15, 0.2) is 30.3 Å². The quantitative estimate of drug-likeness (QED) is 0.460. The van der Waals surface area contributed by atoms with Crippen molar-refractivity contribution in [2.45, 2.75) is 38.7 Å². The summed E-state index contributed by atoms with van der Waals surface area (Å²) in [6, 6.07) is 9.05. The molecule has 0 bridgehead atoms. The van der Waals surface area contributed by atoms with E-state index >= 15 is 0 Å². The third-order valence-electron chi connectivity index (χ3n) is 5.62. The van der Waals surface area contributed by atoms with E-state index in [9.17, 15) is 9.59 Å². The Hall–Kier alpha value is -2.64. The van der Waals surface area contributed by atoms with Crippen LogP contribution in [0.25, 0.3) is 10.8 Å². The molecule has 1 heterocycles. The molecule has 2 aromatic carbocycles. The molecular formula is C24H32N2O5. The number of fused-ring (bicyclic) bond motifs is 1. The predicted molar refractivity (Wildman–Crippen MR) is 119 cm³/mol. The summed E-state index contributed by atoms with van der Waals surface area (Å²) in [5.74, 6) is -0.437. The Morgan fingerprint density at radius 1 is 1.13 bits per heavy atom. The first-order valence-electron chi connectivity index (χ1n) is 11.0. The maximum atomic E-state index is 12.5. The maximum Gasteiger partial charge on any atom is 0.338 e. The van der Waals surface area contributed by atoms with Crippen molar-refractivity contribution in [1.29, 1.82) is 0 Å². The number of nitrogens with zero attached hydrogens (tertiary/aromatic N) is 1. The number of carbonyl (C=O) groups is 2. The Kier molecular flexibility index (Phi) is 8.26. The van der Waals surface area contributed by atoms with E-state index < -0.39 is 18.0 Å². The van der Waals surface area contributed by atoms with Crippen LogP contribution in [0, 0.1) is 0 Å². The first-order chi connectivity index (χ1) is 15.0. The molecule has 0 radical (unpaired) electrons. The van der Waals surface area contributed by atoms with Gasteiger partial charge in [-0.05, 0) is 68.2 Å². The molecule has 7 heteroatoms. The largest absolute Gasteiger partial charge is 0.494 e. The van der Waals surface area contributed by atoms with Gasteiger partial charge in [0, 0.05) is 19.2 Å². The van der Waals surface area contributed by atoms with Crippen LogP contribution in [0.3, 0.4) is 0 Å². The van der Waals surface area contributed by atoms with Crippen LogP contribution in [0.1, 0.15) is 54.6 Å². The lowest BCUT2D eigenvalue weighted by atomic mass is 9.94. The number of esters is 1. The van der Waals surface area contributed by atoms with Gasteiger partial charge in [0.15, 0.2) is 6.10 Å². The van der Waals surface area contributed by atoms with Crippen LogP contribution in [0.2, 0.25) is 0 Å². The zero-order chi connectivity index (χ0) is 22.2. The second-order valence-electron chi connectivity index (χ2n) is 7.75. The fourth-order valence-electron chi connectivity index (χ4n) is 4.13. The van der Waals surface area contributed by atoms with E-state index in [-0.39, 0.29) is 12.2 Å². The number of primary amides is 1. The lowest BCUT2D eigenvalue weighted by Gasteiger charge is -2.26. The number of ether oxygens (including phenoxy) is 3. The van der Waals surface area contributed by atoms with E-state index in [0.29, 0.717) is 17.6 Å². The van der Waals surface area contributed by atoms with Gasteiger partial charge in [-0.15, -0.1) is 0 Å². The molecule has 7 nitrogen and oxygen atoms in total. The molecule has 1 saturated heterocycles. The van der Waals surface area contributed by atoms with Crippen molar-refractivity contribution < 1.29 is 23.8 Å². The summed E-state index contributed by atoms with van der Waals surface area (Å²) < 4.78 is 16.4. The van der Waals surface area contributed by atoms with Gasteiger partial charge in [-0.1, -0.05) is 18.6 Å². The number of nitrogens with two attached hydrogens (primary N) is 1. The highest BCUT2D eigenvalue weighted by molar-refractivity contribution is 6.02. The first-order valence-corrected chi connectivity index (χ1v) is 11.0. The Morgan fingerprint density at radius 3 is 2.58 bits per heavy atom. The number of piperidine rings is 1. The second kappa shape index (κ2) is 11.1. The fourth-order valence-corrected chi connectivity index (χ4v) is 4.13. The summed E-state index contributed by atoms with van der Waals surface area (Å²) in [7, 11) is 1.39. The van der Waals surface area contributed by atoms with Crippen molar-refractivity contribution in [1.82, 2.24) is 4.90 Å². The number of hydrogen-bond donors (Lipinski definition) is 1. The molecule has 1 atom stereocenters. The SMILES string of the molecule is CCOC(=O)c1ccc2cc(OCCCN3CCCCC3)ccc2c1C(OC)C(N)=O. The molecule has 0 spiro atoms. The van der Waals surface area contributed by atoms with E-state index in [1.807, 2.05) is 24.3 Å². The summed E-state index contributed by atoms with van der Waals surface area (Å²) in [4.78, 5) is 27.0. The summed E-state index contributed by atoms with van der Waals surface area (Å²) in [5.41, 5.74) is 6.23. The highest BCUT2D eigenvalue weighted by atomic mass is 16.5. The molecule has 1 unspecified atom stereocenters. The average molecular weight is 429 g/mol. The Bertz CT molecular complexity index is 908. The number of carbonyl (C=O) groups excluding carboxylic acids is 2. The summed E-state index contributed by atoms with van der Waals surface area (Å²) >= 11 is 0. The summed E-state index contributed by atoms with van der Waals surface area (Å²) in [5, 5.41) is 1.54. The Morgan fingerprint density at radius 2 is 1.90 bits per heavy atom. The van der Waals surface area contributed by atoms with Gasteiger partial charge in [0.25, 0.3) is 5.91 Å². The molecule has 0 aliphatic carbocycles. The predicted octanol–water partition coefficient (Wildman–Crippen LogP) is 3.44. The maximum absolute atomic E-state index is 12.5. The minimum atomic E-state index is -1.06. The van der Waals surface area contributed by atoms with Gasteiger partial charge in [0.2, 0.25) is 0 Å². The van der Waals surface area contributed by atoms with Gasteiger partial charge in [0.1, 0.15) is 5.75 Å². The highest BCUT2D eigenvalue weighted by Gasteiger charge is 2.26. The van der Waals surface area contributed by atoms with Crippen molar-refractivity contribution in [2.75, 3.05) is 40.0 Å². The molecule has 1 aliphatic rings. The van der Waals surface area contributed by atoms with Crippen molar-refractivity contribution in [3.63, 3.8) is 0 Å². The van der Waals surface area contributed by atoms with Crippen molar-refractivity contribution >= 4 is 22.6 Å². The lowest BCUT2D eigenvalue weighted by molar-refractivity contribution is -0.128. The lowest BCUT2D eigenvalue weighted by Crippen LogP contribution is -2.31. The number of likely N-dealkylation sites (tertiary alicyclic amines) is 1. The van der Waals surface area contributed by atoms with Crippen molar-refractivity contribution in [3.8, 4) is 5.75 Å². The van der Waals surface area contributed by atoms with Gasteiger partial charge in [-0.2, -0.15) is 0 Å². The standard InChI is InChI=1S/C24H32N2O5/c1-3-30-24(28)20-10-8-17-16-18(31-15-7-14-26-12-5-4-6-13-26)9-11-19(17)21(20)22(29-2)23(25)27/h8-11,16,22H,3-7,12-15H2,1-2H3,(H2,25,27). The molecule has 1 aliphatic heterocycles. The molecule has 2 aromatic rings. The van der Waals surface area contributed by atoms with Crippen LogP contribution < -0.4 is 10.5 Å². The van der Waals surface area contributed by atoms with E-state index in [4.69, 9.17) is 19.9 Å². The third kappa shape index (κ3) is 5.74. The van der Waals surface area contributed by atoms with Gasteiger partial charge in [-0.25, -0.2) is 4.79 Å². The van der Waals surface area contributed by atoms with Crippen LogP contribution in [-0.2, 0) is 14.3 Å². The van der Waals surface area contributed by atoms with Crippen molar-refractivity contribution in [3.05, 3.63) is 41.5 Å².